The van der Waals surface area contributed by atoms with Crippen LogP contribution in [-0.2, 0) is 10.0 Å². The Kier molecular flexibility index (Phi) is 5.62. The lowest BCUT2D eigenvalue weighted by molar-refractivity contribution is 0.0955. The van der Waals surface area contributed by atoms with Crippen molar-refractivity contribution in [1.82, 2.24) is 5.32 Å². The first-order chi connectivity index (χ1) is 11.9. The summed E-state index contributed by atoms with van der Waals surface area (Å²) in [7, 11) is -2.67. The number of nitrogens with zero attached hydrogens (tertiary/aromatic N) is 1. The first-order valence-corrected chi connectivity index (χ1v) is 8.88. The van der Waals surface area contributed by atoms with E-state index in [2.05, 4.69) is 10.0 Å². The maximum absolute atomic E-state index is 12.7. The second-order valence-corrected chi connectivity index (χ2v) is 6.67. The minimum Gasteiger partial charge on any atom is -0.495 e. The highest BCUT2D eigenvalue weighted by Crippen LogP contribution is 2.27. The first-order valence-electron chi connectivity index (χ1n) is 7.40. The molecule has 0 fully saturated rings. The number of sulfonamides is 1. The molecule has 7 nitrogen and oxygen atoms in total. The van der Waals surface area contributed by atoms with E-state index < -0.39 is 10.0 Å². The Bertz CT molecular complexity index is 933. The smallest absolute Gasteiger partial charge is 0.265 e. The Hall–Kier alpha value is -3.05. The van der Waals surface area contributed by atoms with E-state index in [-0.39, 0.29) is 27.8 Å². The van der Waals surface area contributed by atoms with E-state index >= 15 is 0 Å². The lowest BCUT2D eigenvalue weighted by Gasteiger charge is -2.13. The number of hydrogen-bond donors (Lipinski definition) is 2. The van der Waals surface area contributed by atoms with Crippen molar-refractivity contribution in [3.63, 3.8) is 0 Å². The van der Waals surface area contributed by atoms with Gasteiger partial charge < -0.3 is 10.1 Å². The summed E-state index contributed by atoms with van der Waals surface area (Å²) in [5.74, 6) is -0.273. The van der Waals surface area contributed by atoms with E-state index in [1.807, 2.05) is 6.07 Å². The fourth-order valence-corrected chi connectivity index (χ4v) is 3.40. The summed E-state index contributed by atoms with van der Waals surface area (Å²) in [6.45, 7) is 2.19. The van der Waals surface area contributed by atoms with Crippen LogP contribution in [0.1, 0.15) is 22.8 Å². The summed E-state index contributed by atoms with van der Waals surface area (Å²) in [6, 6.07) is 12.2. The molecule has 2 aromatic rings. The van der Waals surface area contributed by atoms with Gasteiger partial charge >= 0.3 is 0 Å². The number of nitriles is 1. The van der Waals surface area contributed by atoms with Gasteiger partial charge in [-0.05, 0) is 43.3 Å². The van der Waals surface area contributed by atoms with Crippen molar-refractivity contribution in [1.29, 1.82) is 5.26 Å². The third-order valence-electron chi connectivity index (χ3n) is 3.30. The second-order valence-electron chi connectivity index (χ2n) is 5.02. The quantitative estimate of drug-likeness (QED) is 0.821. The summed E-state index contributed by atoms with van der Waals surface area (Å²) >= 11 is 0. The van der Waals surface area contributed by atoms with Gasteiger partial charge in [0.05, 0.1) is 24.4 Å². The fourth-order valence-electron chi connectivity index (χ4n) is 2.15. The standard InChI is InChI=1S/C17H17N3O4S/c1-3-19-17(21)13-7-8-15(24-2)16(10-13)25(22,23)20-14-6-4-5-12(9-14)11-18/h4-10,20H,3H2,1-2H3,(H,19,21). The number of benzene rings is 2. The molecule has 2 rings (SSSR count). The van der Waals surface area contributed by atoms with Crippen molar-refractivity contribution in [2.45, 2.75) is 11.8 Å². The van der Waals surface area contributed by atoms with Crippen LogP contribution in [0.5, 0.6) is 5.75 Å². The van der Waals surface area contributed by atoms with Crippen LogP contribution in [0.3, 0.4) is 0 Å². The van der Waals surface area contributed by atoms with Gasteiger partial charge in [0, 0.05) is 12.1 Å². The second kappa shape index (κ2) is 7.68. The Balaban J connectivity index is 2.44. The summed E-state index contributed by atoms with van der Waals surface area (Å²) in [4.78, 5) is 11.8. The van der Waals surface area contributed by atoms with E-state index in [1.54, 1.807) is 19.1 Å². The number of rotatable bonds is 6. The summed E-state index contributed by atoms with van der Waals surface area (Å²) < 4.78 is 32.9. The van der Waals surface area contributed by atoms with Crippen LogP contribution in [0.4, 0.5) is 5.69 Å². The molecular formula is C17H17N3O4S. The van der Waals surface area contributed by atoms with Crippen LogP contribution in [-0.4, -0.2) is 28.0 Å². The third-order valence-corrected chi connectivity index (χ3v) is 4.70. The first kappa shape index (κ1) is 18.3. The average Bonchev–Trinajstić information content (AvgIpc) is 2.61. The van der Waals surface area contributed by atoms with Crippen molar-refractivity contribution in [3.8, 4) is 11.8 Å². The Morgan fingerprint density at radius 3 is 2.64 bits per heavy atom. The predicted octanol–water partition coefficient (Wildman–Crippen LogP) is 2.12. The fraction of sp³-hybridized carbons (Fsp3) is 0.176. The van der Waals surface area contributed by atoms with E-state index in [1.165, 1.54) is 37.4 Å². The van der Waals surface area contributed by atoms with Gasteiger partial charge in [0.2, 0.25) is 0 Å². The number of amides is 1. The monoisotopic (exact) mass is 359 g/mol. The van der Waals surface area contributed by atoms with Crippen molar-refractivity contribution in [2.24, 2.45) is 0 Å². The minimum absolute atomic E-state index is 0.108. The number of nitrogens with one attached hydrogen (secondary N) is 2. The molecule has 0 saturated carbocycles. The molecule has 8 heteroatoms. The lowest BCUT2D eigenvalue weighted by Crippen LogP contribution is -2.23. The van der Waals surface area contributed by atoms with Crippen LogP contribution in [0.25, 0.3) is 0 Å². The maximum atomic E-state index is 12.7. The molecule has 0 aliphatic heterocycles. The number of anilines is 1. The highest BCUT2D eigenvalue weighted by Gasteiger charge is 2.22. The van der Waals surface area contributed by atoms with E-state index in [0.29, 0.717) is 12.1 Å². The van der Waals surface area contributed by atoms with Gasteiger partial charge in [-0.25, -0.2) is 8.42 Å². The number of carbonyl (C=O) groups is 1. The topological polar surface area (TPSA) is 108 Å². The van der Waals surface area contributed by atoms with Gasteiger partial charge in [-0.3, -0.25) is 9.52 Å². The van der Waals surface area contributed by atoms with Crippen molar-refractivity contribution in [3.05, 3.63) is 53.6 Å². The molecule has 25 heavy (non-hydrogen) atoms. The van der Waals surface area contributed by atoms with Crippen LogP contribution < -0.4 is 14.8 Å². The molecule has 1 amide bonds. The molecule has 0 heterocycles. The molecule has 0 aliphatic rings. The number of carbonyl (C=O) groups excluding carboxylic acids is 1. The summed E-state index contributed by atoms with van der Waals surface area (Å²) in [5, 5.41) is 11.5. The molecule has 2 N–H and O–H groups in total. The van der Waals surface area contributed by atoms with E-state index in [0.717, 1.165) is 0 Å². The zero-order valence-corrected chi connectivity index (χ0v) is 14.6. The van der Waals surface area contributed by atoms with Gasteiger partial charge in [0.1, 0.15) is 10.6 Å². The maximum Gasteiger partial charge on any atom is 0.265 e. The van der Waals surface area contributed by atoms with Crippen molar-refractivity contribution < 1.29 is 17.9 Å². The zero-order chi connectivity index (χ0) is 18.4. The largest absolute Gasteiger partial charge is 0.495 e. The molecule has 2 aromatic carbocycles. The van der Waals surface area contributed by atoms with Crippen molar-refractivity contribution >= 4 is 21.6 Å². The van der Waals surface area contributed by atoms with Crippen LogP contribution >= 0.6 is 0 Å². The number of methoxy groups -OCH3 is 1. The Morgan fingerprint density at radius 1 is 1.24 bits per heavy atom. The van der Waals surface area contributed by atoms with Crippen molar-refractivity contribution in [2.75, 3.05) is 18.4 Å². The van der Waals surface area contributed by atoms with Crippen LogP contribution in [0.15, 0.2) is 47.4 Å². The molecule has 0 bridgehead atoms. The average molecular weight is 359 g/mol. The molecule has 0 unspecified atom stereocenters. The molecule has 130 valence electrons. The highest BCUT2D eigenvalue weighted by molar-refractivity contribution is 7.92. The Morgan fingerprint density at radius 2 is 2.00 bits per heavy atom. The molecule has 0 saturated heterocycles. The molecule has 0 spiro atoms. The third kappa shape index (κ3) is 4.28. The number of hydrogen-bond acceptors (Lipinski definition) is 5. The highest BCUT2D eigenvalue weighted by atomic mass is 32.2. The zero-order valence-electron chi connectivity index (χ0n) is 13.7. The summed E-state index contributed by atoms with van der Waals surface area (Å²) in [6.07, 6.45) is 0. The van der Waals surface area contributed by atoms with Crippen LogP contribution in [0.2, 0.25) is 0 Å². The van der Waals surface area contributed by atoms with Gasteiger partial charge in [-0.2, -0.15) is 5.26 Å². The summed E-state index contributed by atoms with van der Waals surface area (Å²) in [5.41, 5.74) is 0.765. The van der Waals surface area contributed by atoms with Crippen LogP contribution in [0, 0.1) is 11.3 Å². The van der Waals surface area contributed by atoms with Gasteiger partial charge in [0.25, 0.3) is 15.9 Å². The Labute approximate surface area is 146 Å². The lowest BCUT2D eigenvalue weighted by atomic mass is 10.2. The van der Waals surface area contributed by atoms with E-state index in [9.17, 15) is 13.2 Å². The van der Waals surface area contributed by atoms with Gasteiger partial charge in [0.15, 0.2) is 0 Å². The normalized spacial score (nSPS) is 10.6. The minimum atomic E-state index is -4.02. The molecule has 0 radical (unpaired) electrons. The molecule has 0 aliphatic carbocycles. The molecule has 0 atom stereocenters. The SMILES string of the molecule is CCNC(=O)c1ccc(OC)c(S(=O)(=O)Nc2cccc(C#N)c2)c1. The number of ether oxygens (including phenoxy) is 1. The van der Waals surface area contributed by atoms with Gasteiger partial charge in [-0.1, -0.05) is 6.07 Å². The van der Waals surface area contributed by atoms with E-state index in [4.69, 9.17) is 10.00 Å². The molecule has 0 aromatic heterocycles. The van der Waals surface area contributed by atoms with Gasteiger partial charge in [-0.15, -0.1) is 0 Å². The predicted molar refractivity (Wildman–Crippen MR) is 93.0 cm³/mol. The molecular weight excluding hydrogens is 342 g/mol.